The molecule has 1 fully saturated rings. The fourth-order valence-electron chi connectivity index (χ4n) is 4.02. The van der Waals surface area contributed by atoms with Gasteiger partial charge in [-0.2, -0.15) is 0 Å². The molecule has 1 saturated heterocycles. The van der Waals surface area contributed by atoms with Crippen LogP contribution in [0.25, 0.3) is 0 Å². The van der Waals surface area contributed by atoms with Crippen molar-refractivity contribution in [2.24, 2.45) is 0 Å². The Hall–Kier alpha value is -2.86. The number of nitrogens with one attached hydrogen (secondary N) is 1. The van der Waals surface area contributed by atoms with E-state index >= 15 is 0 Å². The Morgan fingerprint density at radius 2 is 1.90 bits per heavy atom. The maximum Gasteiger partial charge on any atom is 0.237 e. The summed E-state index contributed by atoms with van der Waals surface area (Å²) in [5.41, 5.74) is 4.62. The number of carbonyl (C=O) groups excluding carboxylic acids is 2. The van der Waals surface area contributed by atoms with E-state index in [4.69, 9.17) is 4.74 Å². The van der Waals surface area contributed by atoms with Crippen LogP contribution in [0.15, 0.2) is 42.5 Å². The Labute approximate surface area is 185 Å². The highest BCUT2D eigenvalue weighted by Gasteiger charge is 2.32. The highest BCUT2D eigenvalue weighted by Crippen LogP contribution is 2.26. The summed E-state index contributed by atoms with van der Waals surface area (Å²) in [6.07, 6.45) is 0.985. The van der Waals surface area contributed by atoms with Crippen molar-refractivity contribution in [1.82, 2.24) is 15.1 Å². The van der Waals surface area contributed by atoms with Gasteiger partial charge < -0.3 is 15.0 Å². The first kappa shape index (κ1) is 22.8. The van der Waals surface area contributed by atoms with Crippen molar-refractivity contribution in [2.75, 3.05) is 33.8 Å². The van der Waals surface area contributed by atoms with Crippen LogP contribution in [0.1, 0.15) is 28.7 Å². The Bertz CT molecular complexity index is 914. The zero-order chi connectivity index (χ0) is 22.4. The van der Waals surface area contributed by atoms with Crippen molar-refractivity contribution >= 4 is 11.8 Å². The van der Waals surface area contributed by atoms with Crippen LogP contribution in [0, 0.1) is 13.8 Å². The van der Waals surface area contributed by atoms with Gasteiger partial charge in [-0.1, -0.05) is 36.4 Å². The smallest absolute Gasteiger partial charge is 0.237 e. The molecule has 0 unspecified atom stereocenters. The summed E-state index contributed by atoms with van der Waals surface area (Å²) in [4.78, 5) is 29.4. The summed E-state index contributed by atoms with van der Waals surface area (Å²) in [6, 6.07) is 13.7. The van der Waals surface area contributed by atoms with Gasteiger partial charge >= 0.3 is 0 Å². The number of nitrogens with zero attached hydrogens (tertiary/aromatic N) is 2. The Balaban J connectivity index is 1.66. The summed E-state index contributed by atoms with van der Waals surface area (Å²) in [5, 5.41) is 2.92. The van der Waals surface area contributed by atoms with E-state index in [9.17, 15) is 9.59 Å². The minimum Gasteiger partial charge on any atom is -0.496 e. The van der Waals surface area contributed by atoms with Crippen molar-refractivity contribution in [3.05, 3.63) is 64.7 Å². The number of methoxy groups -OCH3 is 1. The molecule has 6 nitrogen and oxygen atoms in total. The predicted molar refractivity (Wildman–Crippen MR) is 122 cm³/mol. The Kier molecular flexibility index (Phi) is 7.69. The topological polar surface area (TPSA) is 61.9 Å². The molecule has 0 saturated carbocycles. The molecule has 3 rings (SSSR count). The molecule has 2 aromatic carbocycles. The van der Waals surface area contributed by atoms with Gasteiger partial charge in [0.05, 0.1) is 19.6 Å². The predicted octanol–water partition coefficient (Wildman–Crippen LogP) is 2.70. The van der Waals surface area contributed by atoms with Crippen molar-refractivity contribution < 1.29 is 14.3 Å². The van der Waals surface area contributed by atoms with E-state index < -0.39 is 6.04 Å². The van der Waals surface area contributed by atoms with Gasteiger partial charge in [-0.3, -0.25) is 14.5 Å². The third-order valence-corrected chi connectivity index (χ3v) is 6.26. The highest BCUT2D eigenvalue weighted by molar-refractivity contribution is 5.88. The van der Waals surface area contributed by atoms with Crippen molar-refractivity contribution in [3.8, 4) is 5.75 Å². The van der Waals surface area contributed by atoms with Crippen molar-refractivity contribution in [2.45, 2.75) is 39.3 Å². The van der Waals surface area contributed by atoms with E-state index in [0.29, 0.717) is 19.6 Å². The van der Waals surface area contributed by atoms with Gasteiger partial charge in [-0.05, 0) is 48.6 Å². The molecule has 6 heteroatoms. The van der Waals surface area contributed by atoms with E-state index in [0.717, 1.165) is 35.4 Å². The maximum atomic E-state index is 12.9. The Morgan fingerprint density at radius 1 is 1.16 bits per heavy atom. The molecule has 1 aliphatic rings. The minimum atomic E-state index is -0.456. The van der Waals surface area contributed by atoms with E-state index in [1.165, 1.54) is 5.56 Å². The lowest BCUT2D eigenvalue weighted by atomic mass is 10.00. The van der Waals surface area contributed by atoms with Gasteiger partial charge in [0.1, 0.15) is 5.75 Å². The fourth-order valence-corrected chi connectivity index (χ4v) is 4.02. The molecule has 1 atom stereocenters. The molecule has 0 aliphatic carbocycles. The Morgan fingerprint density at radius 3 is 2.61 bits per heavy atom. The molecule has 1 aliphatic heterocycles. The quantitative estimate of drug-likeness (QED) is 0.709. The van der Waals surface area contributed by atoms with Gasteiger partial charge in [-0.25, -0.2) is 0 Å². The van der Waals surface area contributed by atoms with Crippen LogP contribution >= 0.6 is 0 Å². The molecule has 0 bridgehead atoms. The molecule has 1 heterocycles. The number of ether oxygens (including phenoxy) is 1. The lowest BCUT2D eigenvalue weighted by Gasteiger charge is -2.36. The van der Waals surface area contributed by atoms with Gasteiger partial charge in [0.2, 0.25) is 11.8 Å². The lowest BCUT2D eigenvalue weighted by molar-refractivity contribution is -0.138. The molecule has 0 aromatic heterocycles. The first-order valence-electron chi connectivity index (χ1n) is 10.8. The largest absolute Gasteiger partial charge is 0.496 e. The second kappa shape index (κ2) is 10.4. The van der Waals surface area contributed by atoms with E-state index in [1.807, 2.05) is 38.2 Å². The summed E-state index contributed by atoms with van der Waals surface area (Å²) in [6.45, 7) is 6.71. The van der Waals surface area contributed by atoms with Crippen LogP contribution in [0.5, 0.6) is 5.75 Å². The van der Waals surface area contributed by atoms with Crippen LogP contribution < -0.4 is 10.1 Å². The summed E-state index contributed by atoms with van der Waals surface area (Å²) >= 11 is 0. The SMILES string of the molecule is COc1ccc(CN2CCNC(=O)[C@@H]2CC(=O)N(C)CCc2ccccc2)c(C)c1C. The average Bonchev–Trinajstić information content (AvgIpc) is 2.78. The standard InChI is InChI=1S/C25H33N3O3/c1-18-19(2)23(31-4)11-10-21(18)17-28-15-13-26-25(30)22(28)16-24(29)27(3)14-12-20-8-6-5-7-9-20/h5-11,22H,12-17H2,1-4H3,(H,26,30)/t22-/m0/s1. The molecule has 1 N–H and O–H groups in total. The number of amides is 2. The number of likely N-dealkylation sites (N-methyl/N-ethyl adjacent to an activating group) is 1. The normalized spacial score (nSPS) is 16.6. The number of rotatable bonds is 8. The number of benzene rings is 2. The lowest BCUT2D eigenvalue weighted by Crippen LogP contribution is -2.56. The third kappa shape index (κ3) is 5.64. The van der Waals surface area contributed by atoms with Crippen molar-refractivity contribution in [3.63, 3.8) is 0 Å². The average molecular weight is 424 g/mol. The molecule has 2 aromatic rings. The van der Waals surface area contributed by atoms with Crippen molar-refractivity contribution in [1.29, 1.82) is 0 Å². The first-order chi connectivity index (χ1) is 14.9. The van der Waals surface area contributed by atoms with E-state index in [-0.39, 0.29) is 18.2 Å². The molecule has 0 spiro atoms. The maximum absolute atomic E-state index is 12.9. The molecule has 0 radical (unpaired) electrons. The second-order valence-corrected chi connectivity index (χ2v) is 8.21. The minimum absolute atomic E-state index is 0.00869. The number of carbonyl (C=O) groups is 2. The van der Waals surface area contributed by atoms with Crippen LogP contribution in [-0.2, 0) is 22.6 Å². The van der Waals surface area contributed by atoms with Gasteiger partial charge in [-0.15, -0.1) is 0 Å². The van der Waals surface area contributed by atoms with Gasteiger partial charge in [0, 0.05) is 33.2 Å². The van der Waals surface area contributed by atoms with E-state index in [2.05, 4.69) is 35.3 Å². The molecule has 2 amide bonds. The number of piperazine rings is 1. The third-order valence-electron chi connectivity index (χ3n) is 6.26. The molecular weight excluding hydrogens is 390 g/mol. The molecule has 166 valence electrons. The highest BCUT2D eigenvalue weighted by atomic mass is 16.5. The monoisotopic (exact) mass is 423 g/mol. The van der Waals surface area contributed by atoms with E-state index in [1.54, 1.807) is 12.0 Å². The summed E-state index contributed by atoms with van der Waals surface area (Å²) in [7, 11) is 3.49. The second-order valence-electron chi connectivity index (χ2n) is 8.21. The number of hydrogen-bond donors (Lipinski definition) is 1. The molecule has 31 heavy (non-hydrogen) atoms. The zero-order valence-corrected chi connectivity index (χ0v) is 19.0. The van der Waals surface area contributed by atoms with Crippen LogP contribution in [0.2, 0.25) is 0 Å². The van der Waals surface area contributed by atoms with Crippen LogP contribution in [0.4, 0.5) is 0 Å². The number of hydrogen-bond acceptors (Lipinski definition) is 4. The zero-order valence-electron chi connectivity index (χ0n) is 19.0. The molecular formula is C25H33N3O3. The van der Waals surface area contributed by atoms with Gasteiger partial charge in [0.25, 0.3) is 0 Å². The van der Waals surface area contributed by atoms with Gasteiger partial charge in [0.15, 0.2) is 0 Å². The fraction of sp³-hybridized carbons (Fsp3) is 0.440. The first-order valence-corrected chi connectivity index (χ1v) is 10.8. The van der Waals surface area contributed by atoms with Crippen LogP contribution in [0.3, 0.4) is 0 Å². The van der Waals surface area contributed by atoms with Crippen LogP contribution in [-0.4, -0.2) is 61.4 Å². The summed E-state index contributed by atoms with van der Waals surface area (Å²) < 4.78 is 5.41. The summed E-state index contributed by atoms with van der Waals surface area (Å²) in [5.74, 6) is 0.786.